The molecule has 0 unspecified atom stereocenters. The maximum atomic E-state index is 10.6. The molecule has 1 aromatic heterocycles. The van der Waals surface area contributed by atoms with Crippen LogP contribution >= 0.6 is 38.9 Å². The first-order valence-electron chi connectivity index (χ1n) is 3.55. The van der Waals surface area contributed by atoms with Crippen LogP contribution in [0.1, 0.15) is 9.67 Å². The highest BCUT2D eigenvalue weighted by molar-refractivity contribution is 9.10. The molecule has 0 saturated heterocycles. The molecule has 1 aromatic carbocycles. The van der Waals surface area contributed by atoms with Crippen molar-refractivity contribution >= 4 is 55.2 Å². The van der Waals surface area contributed by atoms with Crippen molar-refractivity contribution in [1.29, 1.82) is 0 Å². The minimum Gasteiger partial charge on any atom is -0.297 e. The van der Waals surface area contributed by atoms with E-state index in [2.05, 4.69) is 15.9 Å². The SMILES string of the molecule is O=Cc1cc2c(Br)ccc(Cl)c2s1. The summed E-state index contributed by atoms with van der Waals surface area (Å²) >= 11 is 10.8. The molecule has 1 heterocycles. The van der Waals surface area contributed by atoms with Crippen molar-refractivity contribution in [3.63, 3.8) is 0 Å². The van der Waals surface area contributed by atoms with Gasteiger partial charge in [0.05, 0.1) is 14.6 Å². The Morgan fingerprint density at radius 3 is 2.85 bits per heavy atom. The van der Waals surface area contributed by atoms with E-state index in [-0.39, 0.29) is 0 Å². The minimum atomic E-state index is 0.691. The van der Waals surface area contributed by atoms with Gasteiger partial charge in [-0.1, -0.05) is 27.5 Å². The number of hydrogen-bond acceptors (Lipinski definition) is 2. The average molecular weight is 276 g/mol. The first kappa shape index (κ1) is 9.19. The molecule has 66 valence electrons. The molecule has 0 bridgehead atoms. The van der Waals surface area contributed by atoms with Crippen molar-refractivity contribution in [2.24, 2.45) is 0 Å². The van der Waals surface area contributed by atoms with E-state index < -0.39 is 0 Å². The van der Waals surface area contributed by atoms with Gasteiger partial charge in [0.15, 0.2) is 6.29 Å². The van der Waals surface area contributed by atoms with Crippen LogP contribution in [0.25, 0.3) is 10.1 Å². The van der Waals surface area contributed by atoms with Gasteiger partial charge in [-0.25, -0.2) is 0 Å². The first-order valence-corrected chi connectivity index (χ1v) is 5.54. The maximum absolute atomic E-state index is 10.6. The van der Waals surface area contributed by atoms with Crippen molar-refractivity contribution in [2.75, 3.05) is 0 Å². The summed E-state index contributed by atoms with van der Waals surface area (Å²) in [6, 6.07) is 5.54. The zero-order chi connectivity index (χ0) is 9.42. The van der Waals surface area contributed by atoms with Crippen LogP contribution in [-0.4, -0.2) is 6.29 Å². The maximum Gasteiger partial charge on any atom is 0.160 e. The van der Waals surface area contributed by atoms with Crippen LogP contribution in [0.4, 0.5) is 0 Å². The molecule has 2 rings (SSSR count). The topological polar surface area (TPSA) is 17.1 Å². The molecule has 0 aliphatic rings. The molecule has 0 radical (unpaired) electrons. The highest BCUT2D eigenvalue weighted by Crippen LogP contribution is 2.35. The predicted molar refractivity (Wildman–Crippen MR) is 59.9 cm³/mol. The molecule has 0 atom stereocenters. The Bertz CT molecular complexity index is 439. The third kappa shape index (κ3) is 1.52. The van der Waals surface area contributed by atoms with Crippen molar-refractivity contribution in [3.8, 4) is 0 Å². The predicted octanol–water partition coefficient (Wildman–Crippen LogP) is 4.13. The van der Waals surface area contributed by atoms with E-state index in [0.717, 1.165) is 20.8 Å². The summed E-state index contributed by atoms with van der Waals surface area (Å²) in [5.74, 6) is 0. The third-order valence-electron chi connectivity index (χ3n) is 1.72. The Balaban J connectivity index is 2.87. The van der Waals surface area contributed by atoms with Gasteiger partial charge < -0.3 is 0 Å². The number of thiophene rings is 1. The molecule has 4 heteroatoms. The zero-order valence-corrected chi connectivity index (χ0v) is 9.54. The number of benzene rings is 1. The Morgan fingerprint density at radius 2 is 2.23 bits per heavy atom. The Labute approximate surface area is 92.5 Å². The molecule has 0 aliphatic heterocycles. The standard InChI is InChI=1S/C9H4BrClOS/c10-7-1-2-8(11)9-6(7)3-5(4-12)13-9/h1-4H. The fraction of sp³-hybridized carbons (Fsp3) is 0. The molecule has 1 nitrogen and oxygen atoms in total. The molecule has 0 amide bonds. The average Bonchev–Trinajstić information content (AvgIpc) is 2.56. The second-order valence-electron chi connectivity index (χ2n) is 2.54. The summed E-state index contributed by atoms with van der Waals surface area (Å²) in [6.07, 6.45) is 0.841. The summed E-state index contributed by atoms with van der Waals surface area (Å²) in [6.45, 7) is 0. The van der Waals surface area contributed by atoms with Crippen LogP contribution < -0.4 is 0 Å². The zero-order valence-electron chi connectivity index (χ0n) is 6.38. The number of hydrogen-bond donors (Lipinski definition) is 0. The van der Waals surface area contributed by atoms with Crippen LogP contribution in [0.5, 0.6) is 0 Å². The number of halogens is 2. The van der Waals surface area contributed by atoms with E-state index in [1.807, 2.05) is 18.2 Å². The van der Waals surface area contributed by atoms with Gasteiger partial charge in [-0.15, -0.1) is 11.3 Å². The number of rotatable bonds is 1. The molecule has 0 fully saturated rings. The minimum absolute atomic E-state index is 0.691. The van der Waals surface area contributed by atoms with Gasteiger partial charge in [-0.2, -0.15) is 0 Å². The fourth-order valence-corrected chi connectivity index (χ4v) is 2.90. The molecule has 0 saturated carbocycles. The second-order valence-corrected chi connectivity index (χ2v) is 4.88. The van der Waals surface area contributed by atoms with Crippen molar-refractivity contribution in [2.45, 2.75) is 0 Å². The van der Waals surface area contributed by atoms with E-state index in [4.69, 9.17) is 11.6 Å². The van der Waals surface area contributed by atoms with Crippen molar-refractivity contribution in [1.82, 2.24) is 0 Å². The van der Waals surface area contributed by atoms with Crippen molar-refractivity contribution < 1.29 is 4.79 Å². The van der Waals surface area contributed by atoms with Gasteiger partial charge in [-0.05, 0) is 18.2 Å². The Morgan fingerprint density at radius 1 is 1.46 bits per heavy atom. The van der Waals surface area contributed by atoms with Gasteiger partial charge in [0.25, 0.3) is 0 Å². The lowest BCUT2D eigenvalue weighted by atomic mass is 10.2. The van der Waals surface area contributed by atoms with Crippen LogP contribution in [-0.2, 0) is 0 Å². The van der Waals surface area contributed by atoms with Crippen LogP contribution in [0.15, 0.2) is 22.7 Å². The lowest BCUT2D eigenvalue weighted by Crippen LogP contribution is -1.67. The molecule has 0 spiro atoms. The van der Waals surface area contributed by atoms with E-state index >= 15 is 0 Å². The van der Waals surface area contributed by atoms with Gasteiger partial charge >= 0.3 is 0 Å². The smallest absolute Gasteiger partial charge is 0.160 e. The highest BCUT2D eigenvalue weighted by Gasteiger charge is 2.07. The number of aldehydes is 1. The first-order chi connectivity index (χ1) is 6.22. The number of fused-ring (bicyclic) bond motifs is 1. The van der Waals surface area contributed by atoms with Gasteiger partial charge in [0.1, 0.15) is 0 Å². The van der Waals surface area contributed by atoms with Crippen LogP contribution in [0.3, 0.4) is 0 Å². The molecular weight excluding hydrogens is 272 g/mol. The fourth-order valence-electron chi connectivity index (χ4n) is 1.13. The monoisotopic (exact) mass is 274 g/mol. The third-order valence-corrected chi connectivity index (χ3v) is 3.93. The number of carbonyl (C=O) groups excluding carboxylic acids is 1. The van der Waals surface area contributed by atoms with E-state index in [1.165, 1.54) is 11.3 Å². The summed E-state index contributed by atoms with van der Waals surface area (Å²) in [4.78, 5) is 11.2. The lowest BCUT2D eigenvalue weighted by Gasteiger charge is -1.94. The highest BCUT2D eigenvalue weighted by atomic mass is 79.9. The summed E-state index contributed by atoms with van der Waals surface area (Å²) in [5.41, 5.74) is 0. The molecular formula is C9H4BrClOS. The van der Waals surface area contributed by atoms with E-state index in [1.54, 1.807) is 0 Å². The van der Waals surface area contributed by atoms with Gasteiger partial charge in [-0.3, -0.25) is 4.79 Å². The Kier molecular flexibility index (Phi) is 2.41. The molecule has 0 N–H and O–H groups in total. The molecule has 13 heavy (non-hydrogen) atoms. The quantitative estimate of drug-likeness (QED) is 0.715. The van der Waals surface area contributed by atoms with Crippen LogP contribution in [0, 0.1) is 0 Å². The van der Waals surface area contributed by atoms with Gasteiger partial charge in [0, 0.05) is 9.86 Å². The van der Waals surface area contributed by atoms with E-state index in [9.17, 15) is 4.79 Å². The lowest BCUT2D eigenvalue weighted by molar-refractivity contribution is 0.112. The van der Waals surface area contributed by atoms with Gasteiger partial charge in [0.2, 0.25) is 0 Å². The normalized spacial score (nSPS) is 10.6. The molecule has 0 aliphatic carbocycles. The summed E-state index contributed by atoms with van der Waals surface area (Å²) < 4.78 is 1.93. The van der Waals surface area contributed by atoms with Crippen LogP contribution in [0.2, 0.25) is 5.02 Å². The van der Waals surface area contributed by atoms with E-state index in [0.29, 0.717) is 9.90 Å². The largest absolute Gasteiger partial charge is 0.297 e. The van der Waals surface area contributed by atoms with Crippen molar-refractivity contribution in [3.05, 3.63) is 32.6 Å². The molecule has 2 aromatic rings. The number of carbonyl (C=O) groups is 1. The summed E-state index contributed by atoms with van der Waals surface area (Å²) in [5, 5.41) is 1.69. The summed E-state index contributed by atoms with van der Waals surface area (Å²) in [7, 11) is 0. The second kappa shape index (κ2) is 3.40. The Hall–Kier alpha value is -0.380.